The number of piperidine rings is 2. The van der Waals surface area contributed by atoms with Gasteiger partial charge >= 0.3 is 11.9 Å². The van der Waals surface area contributed by atoms with E-state index in [2.05, 4.69) is 21.3 Å². The predicted octanol–water partition coefficient (Wildman–Crippen LogP) is 2.92. The monoisotopic (exact) mass is 632 g/mol. The van der Waals surface area contributed by atoms with Gasteiger partial charge in [-0.25, -0.2) is 4.79 Å². The molecule has 3 rings (SSSR count). The van der Waals surface area contributed by atoms with Crippen molar-refractivity contribution < 1.29 is 34.1 Å². The lowest BCUT2D eigenvalue weighted by Crippen LogP contribution is -2.43. The first-order valence-electron chi connectivity index (χ1n) is 14.5. The zero-order chi connectivity index (χ0) is 28.7. The Balaban J connectivity index is 0.00000441. The Morgan fingerprint density at radius 2 is 1.43 bits per heavy atom. The largest absolute Gasteiger partial charge is 0.482 e. The van der Waals surface area contributed by atoms with E-state index in [1.165, 1.54) is 6.07 Å². The van der Waals surface area contributed by atoms with Crippen molar-refractivity contribution in [3.8, 4) is 5.75 Å². The second kappa shape index (κ2) is 20.3. The van der Waals surface area contributed by atoms with Crippen molar-refractivity contribution in [1.82, 2.24) is 21.3 Å². The molecule has 2 heterocycles. The number of rotatable bonds is 16. The van der Waals surface area contributed by atoms with Gasteiger partial charge < -0.3 is 36.2 Å². The summed E-state index contributed by atoms with van der Waals surface area (Å²) in [4.78, 5) is 48.9. The van der Waals surface area contributed by atoms with Crippen LogP contribution < -0.4 is 26.0 Å². The first-order valence-corrected chi connectivity index (χ1v) is 14.5. The highest BCUT2D eigenvalue weighted by atomic mass is 35.5. The molecule has 1 aromatic rings. The molecular weight excluding hydrogens is 587 g/mol. The normalized spacial score (nSPS) is 16.4. The third-order valence-corrected chi connectivity index (χ3v) is 7.88. The number of halogens is 2. The van der Waals surface area contributed by atoms with Gasteiger partial charge in [0.1, 0.15) is 11.8 Å². The Morgan fingerprint density at radius 1 is 0.857 bits per heavy atom. The molecule has 2 aliphatic heterocycles. The maximum Gasteiger partial charge on any atom is 0.341 e. The fourth-order valence-corrected chi connectivity index (χ4v) is 5.51. The number of carbonyl (C=O) groups excluding carboxylic acids is 2. The number of hydrogen-bond acceptors (Lipinski definition) is 7. The molecule has 2 saturated heterocycles. The van der Waals surface area contributed by atoms with Crippen molar-refractivity contribution in [3.63, 3.8) is 0 Å². The molecule has 1 unspecified atom stereocenters. The van der Waals surface area contributed by atoms with Gasteiger partial charge in [-0.1, -0.05) is 12.1 Å². The smallest absolute Gasteiger partial charge is 0.341 e. The second-order valence-electron chi connectivity index (χ2n) is 10.9. The maximum atomic E-state index is 13.7. The number of carboxylic acids is 2. The third kappa shape index (κ3) is 13.6. The molecule has 0 bridgehead atoms. The highest BCUT2D eigenvalue weighted by molar-refractivity contribution is 5.89. The van der Waals surface area contributed by atoms with Crippen molar-refractivity contribution in [1.29, 1.82) is 0 Å². The number of hydrogen-bond donors (Lipinski definition) is 6. The summed E-state index contributed by atoms with van der Waals surface area (Å²) < 4.78 is 5.28. The SMILES string of the molecule is Cl.Cl.O=C(O)CCNC(=O)C(NC(=O)C(CCC1CCNCC1)CCC1CCNCC1)c1cccc(OCC(=O)O)c1. The fraction of sp³-hybridized carbons (Fsp3) is 0.655. The standard InChI is InChI=1S/C29H44N4O7.2ClH/c34-25(35)12-17-32-29(39)27(23-2-1-3-24(18-23)40-19-26(36)37)33-28(38)22(6-4-20-8-13-30-14-9-20)7-5-21-10-15-31-16-11-21;;/h1-3,18,20-22,27,30-31H,4-17,19H2,(H,32,39)(H,33,38)(H,34,35)(H,36,37);2*1H. The van der Waals surface area contributed by atoms with Crippen LogP contribution in [0.5, 0.6) is 5.75 Å². The molecule has 11 nitrogen and oxygen atoms in total. The van der Waals surface area contributed by atoms with E-state index in [-0.39, 0.29) is 55.4 Å². The molecule has 238 valence electrons. The Labute approximate surface area is 260 Å². The van der Waals surface area contributed by atoms with Gasteiger partial charge in [0.05, 0.1) is 6.42 Å². The lowest BCUT2D eigenvalue weighted by Gasteiger charge is -2.28. The van der Waals surface area contributed by atoms with Crippen LogP contribution in [-0.4, -0.2) is 73.3 Å². The zero-order valence-electron chi connectivity index (χ0n) is 24.0. The van der Waals surface area contributed by atoms with E-state index in [1.54, 1.807) is 18.2 Å². The molecule has 2 amide bonds. The Bertz CT molecular complexity index is 966. The quantitative estimate of drug-likeness (QED) is 0.161. The minimum absolute atomic E-state index is 0. The summed E-state index contributed by atoms with van der Waals surface area (Å²) >= 11 is 0. The van der Waals surface area contributed by atoms with E-state index in [9.17, 15) is 19.2 Å². The molecule has 2 fully saturated rings. The van der Waals surface area contributed by atoms with Crippen LogP contribution in [0.25, 0.3) is 0 Å². The number of aliphatic carboxylic acids is 2. The number of nitrogens with one attached hydrogen (secondary N) is 4. The summed E-state index contributed by atoms with van der Waals surface area (Å²) in [6, 6.07) is 5.32. The van der Waals surface area contributed by atoms with Gasteiger partial charge in [0.2, 0.25) is 11.8 Å². The van der Waals surface area contributed by atoms with Gasteiger partial charge in [0, 0.05) is 12.5 Å². The molecular formula is C29H46Cl2N4O7. The van der Waals surface area contributed by atoms with Crippen molar-refractivity contribution in [2.24, 2.45) is 17.8 Å². The summed E-state index contributed by atoms with van der Waals surface area (Å²) in [6.45, 7) is 3.36. The Hall–Kier alpha value is -2.60. The van der Waals surface area contributed by atoms with Crippen LogP contribution in [-0.2, 0) is 19.2 Å². The van der Waals surface area contributed by atoms with E-state index >= 15 is 0 Å². The minimum atomic E-state index is -1.13. The fourth-order valence-electron chi connectivity index (χ4n) is 5.51. The summed E-state index contributed by atoms with van der Waals surface area (Å²) in [5.41, 5.74) is 0.430. The van der Waals surface area contributed by atoms with Crippen LogP contribution in [0.2, 0.25) is 0 Å². The van der Waals surface area contributed by atoms with Gasteiger partial charge in [-0.3, -0.25) is 14.4 Å². The average molecular weight is 634 g/mol. The lowest BCUT2D eigenvalue weighted by molar-refractivity contribution is -0.139. The Morgan fingerprint density at radius 3 is 1.95 bits per heavy atom. The number of amides is 2. The molecule has 0 saturated carbocycles. The third-order valence-electron chi connectivity index (χ3n) is 7.88. The van der Waals surface area contributed by atoms with Crippen LogP contribution in [0.3, 0.4) is 0 Å². The lowest BCUT2D eigenvalue weighted by atomic mass is 9.84. The topological polar surface area (TPSA) is 166 Å². The molecule has 6 N–H and O–H groups in total. The van der Waals surface area contributed by atoms with Crippen LogP contribution in [0, 0.1) is 17.8 Å². The molecule has 0 radical (unpaired) electrons. The minimum Gasteiger partial charge on any atom is -0.482 e. The molecule has 0 aromatic heterocycles. The summed E-state index contributed by atoms with van der Waals surface area (Å²) in [6.07, 6.45) is 7.55. The summed E-state index contributed by atoms with van der Waals surface area (Å²) in [5.74, 6) is -1.73. The molecule has 42 heavy (non-hydrogen) atoms. The zero-order valence-corrected chi connectivity index (χ0v) is 25.6. The van der Waals surface area contributed by atoms with Crippen LogP contribution in [0.1, 0.15) is 69.4 Å². The van der Waals surface area contributed by atoms with E-state index in [0.717, 1.165) is 77.5 Å². The first-order chi connectivity index (χ1) is 19.3. The molecule has 1 atom stereocenters. The van der Waals surface area contributed by atoms with E-state index in [4.69, 9.17) is 14.9 Å². The molecule has 2 aliphatic rings. The van der Waals surface area contributed by atoms with E-state index in [0.29, 0.717) is 17.4 Å². The molecule has 13 heteroatoms. The van der Waals surface area contributed by atoms with Crippen LogP contribution in [0.4, 0.5) is 0 Å². The van der Waals surface area contributed by atoms with Crippen LogP contribution in [0.15, 0.2) is 24.3 Å². The Kier molecular flexibility index (Phi) is 18.1. The number of benzene rings is 1. The van der Waals surface area contributed by atoms with Gasteiger partial charge in [-0.05, 0) is 107 Å². The van der Waals surface area contributed by atoms with Gasteiger partial charge in [0.15, 0.2) is 6.61 Å². The number of ether oxygens (including phenoxy) is 1. The maximum absolute atomic E-state index is 13.7. The van der Waals surface area contributed by atoms with Gasteiger partial charge in [-0.2, -0.15) is 0 Å². The van der Waals surface area contributed by atoms with Crippen molar-refractivity contribution in [2.45, 2.75) is 63.8 Å². The van der Waals surface area contributed by atoms with Gasteiger partial charge in [-0.15, -0.1) is 24.8 Å². The predicted molar refractivity (Wildman–Crippen MR) is 163 cm³/mol. The summed E-state index contributed by atoms with van der Waals surface area (Å²) in [5, 5.41) is 30.3. The number of carbonyl (C=O) groups is 4. The van der Waals surface area contributed by atoms with Crippen molar-refractivity contribution in [2.75, 3.05) is 39.3 Å². The average Bonchev–Trinajstić information content (AvgIpc) is 2.95. The highest BCUT2D eigenvalue weighted by Gasteiger charge is 2.29. The number of carboxylic acid groups (broad SMARTS) is 2. The summed E-state index contributed by atoms with van der Waals surface area (Å²) in [7, 11) is 0. The molecule has 1 aromatic carbocycles. The van der Waals surface area contributed by atoms with Crippen molar-refractivity contribution >= 4 is 48.6 Å². The van der Waals surface area contributed by atoms with Gasteiger partial charge in [0.25, 0.3) is 0 Å². The second-order valence-corrected chi connectivity index (χ2v) is 10.9. The molecule has 0 spiro atoms. The van der Waals surface area contributed by atoms with Crippen molar-refractivity contribution in [3.05, 3.63) is 29.8 Å². The first kappa shape index (κ1) is 37.4. The van der Waals surface area contributed by atoms with E-state index < -0.39 is 30.5 Å². The van der Waals surface area contributed by atoms with Crippen LogP contribution >= 0.6 is 24.8 Å². The van der Waals surface area contributed by atoms with E-state index in [1.807, 2.05) is 0 Å². The highest BCUT2D eigenvalue weighted by Crippen LogP contribution is 2.28. The molecule has 0 aliphatic carbocycles.